The van der Waals surface area contributed by atoms with Crippen LogP contribution in [0.2, 0.25) is 0 Å². The quantitative estimate of drug-likeness (QED) is 0.0270. The van der Waals surface area contributed by atoms with Gasteiger partial charge in [0.2, 0.25) is 0 Å². The molecule has 0 heterocycles. The van der Waals surface area contributed by atoms with Gasteiger partial charge in [0.1, 0.15) is 46.7 Å². The van der Waals surface area contributed by atoms with Crippen molar-refractivity contribution in [2.75, 3.05) is 93.0 Å². The number of aliphatic hydroxyl groups excluding tert-OH is 3. The van der Waals surface area contributed by atoms with Crippen LogP contribution in [0.4, 0.5) is 0 Å². The van der Waals surface area contributed by atoms with Crippen molar-refractivity contribution >= 4 is 11.4 Å². The molecule has 5 aromatic carbocycles. The van der Waals surface area contributed by atoms with Crippen LogP contribution in [0.3, 0.4) is 0 Å². The van der Waals surface area contributed by atoms with Crippen molar-refractivity contribution in [2.24, 2.45) is 29.6 Å². The highest BCUT2D eigenvalue weighted by Crippen LogP contribution is 2.34. The lowest BCUT2D eigenvalue weighted by Gasteiger charge is -2.27. The van der Waals surface area contributed by atoms with Crippen molar-refractivity contribution < 1.29 is 67.9 Å². The van der Waals surface area contributed by atoms with Gasteiger partial charge in [-0.2, -0.15) is 0 Å². The Bertz CT molecular complexity index is 3030. The number of carbonyl (C=O) groups excluding carboxylic acids is 1. The van der Waals surface area contributed by atoms with Gasteiger partial charge in [0.15, 0.2) is 5.78 Å². The van der Waals surface area contributed by atoms with Crippen LogP contribution in [0.1, 0.15) is 281 Å². The molecule has 4 N–H and O–H groups in total. The molecule has 4 fully saturated rings. The standard InChI is InChI=1S/C24H38O6.C18H28O3.C18H28O2.C18H26O.C15H24O2/c1-27-13-14-28-15-16-29-19-22(25)10-6-12-24(26)21-9-5-11-23(17-21)30-18-20-7-3-2-4-8-20;1-2-11-18(20,14-19)16-9-6-10-17(12-16)21-13-15-7-4-3-5-8-15;1-2-7-17(13-19)16-10-6-11-18(12-16)20-14-15-8-4-3-5-9-15;1-3-8-15(2)17-11-7-12-18(13-17)19-14-16-9-5-4-6-10-16;1-4-10-16-14-8-7-9-15(11-14)17-12-13(5-2)6-3/h5,9,11,17,20,24,26H,2-4,6-8,10,12-16,18-19H2,1H3;6,9-10,12,15,19-20H,2-5,7-8,11,13-14H2,1H3;6,10-12,15,17,19H,2-5,7-9,13-14H2,1H3;7,11-13,16H,2-6,8-10,14H2,1H3;7-9,11,13H,4-6,10,12H2,1-3H3. The maximum atomic E-state index is 11.9. The lowest BCUT2D eigenvalue weighted by Crippen LogP contribution is -2.30. The molecule has 0 saturated heterocycles. The van der Waals surface area contributed by atoms with Crippen LogP contribution >= 0.6 is 0 Å². The minimum atomic E-state index is -1.15. The maximum absolute atomic E-state index is 11.9. The van der Waals surface area contributed by atoms with Gasteiger partial charge in [0, 0.05) is 32.1 Å². The third-order valence-corrected chi connectivity index (χ3v) is 21.3. The third-order valence-electron chi connectivity index (χ3n) is 21.3. The van der Waals surface area contributed by atoms with Gasteiger partial charge in [-0.15, -0.1) is 0 Å². The van der Waals surface area contributed by atoms with Crippen LogP contribution in [0, 0.1) is 29.6 Å². The Labute approximate surface area is 647 Å². The molecule has 14 nitrogen and oxygen atoms in total. The molecule has 5 aromatic rings. The molecule has 3 unspecified atom stereocenters. The first-order valence-corrected chi connectivity index (χ1v) is 42.0. The summed E-state index contributed by atoms with van der Waals surface area (Å²) in [6.07, 6.45) is 36.6. The summed E-state index contributed by atoms with van der Waals surface area (Å²) in [5.74, 6) is 9.12. The van der Waals surface area contributed by atoms with Gasteiger partial charge in [0.25, 0.3) is 0 Å². The topological polar surface area (TPSA) is 181 Å². The molecule has 14 heteroatoms. The van der Waals surface area contributed by atoms with Crippen LogP contribution in [0.5, 0.6) is 34.5 Å². The zero-order valence-corrected chi connectivity index (χ0v) is 67.5. The summed E-state index contributed by atoms with van der Waals surface area (Å²) in [4.78, 5) is 11.9. The van der Waals surface area contributed by atoms with Crippen molar-refractivity contribution in [3.8, 4) is 34.5 Å². The van der Waals surface area contributed by atoms with E-state index in [1.807, 2.05) is 91.9 Å². The van der Waals surface area contributed by atoms with E-state index in [2.05, 4.69) is 77.6 Å². The molecular weight excluding hydrogens is 1340 g/mol. The van der Waals surface area contributed by atoms with E-state index < -0.39 is 11.7 Å². The minimum Gasteiger partial charge on any atom is -0.493 e. The van der Waals surface area contributed by atoms with E-state index in [1.165, 1.54) is 158 Å². The molecule has 0 bridgehead atoms. The van der Waals surface area contributed by atoms with E-state index in [0.29, 0.717) is 69.9 Å². The Morgan fingerprint density at radius 3 is 1.42 bits per heavy atom. The van der Waals surface area contributed by atoms with E-state index in [4.69, 9.17) is 42.6 Å². The normalized spacial score (nSPS) is 16.1. The summed E-state index contributed by atoms with van der Waals surface area (Å²) < 4.78 is 50.7. The van der Waals surface area contributed by atoms with Crippen molar-refractivity contribution in [3.63, 3.8) is 0 Å². The van der Waals surface area contributed by atoms with Crippen LogP contribution in [0.25, 0.3) is 5.57 Å². The Morgan fingerprint density at radius 1 is 0.477 bits per heavy atom. The smallest absolute Gasteiger partial charge is 0.158 e. The number of ketones is 1. The second-order valence-electron chi connectivity index (χ2n) is 30.3. The molecule has 4 aliphatic rings. The molecular formula is C93H144O14. The van der Waals surface area contributed by atoms with Gasteiger partial charge in [-0.1, -0.05) is 212 Å². The summed E-state index contributed by atoms with van der Waals surface area (Å²) in [6.45, 7) is 23.8. The van der Waals surface area contributed by atoms with Crippen LogP contribution < -0.4 is 28.4 Å². The molecule has 600 valence electrons. The minimum absolute atomic E-state index is 0.0451. The van der Waals surface area contributed by atoms with E-state index in [9.17, 15) is 25.2 Å². The highest BCUT2D eigenvalue weighted by atomic mass is 16.5. The zero-order chi connectivity index (χ0) is 76.8. The molecule has 0 spiro atoms. The summed E-state index contributed by atoms with van der Waals surface area (Å²) in [6, 6.07) is 39.8. The molecule has 0 aliphatic heterocycles. The first-order chi connectivity index (χ1) is 52.3. The van der Waals surface area contributed by atoms with Gasteiger partial charge in [0.05, 0.1) is 78.8 Å². The lowest BCUT2D eigenvalue weighted by atomic mass is 9.89. The lowest BCUT2D eigenvalue weighted by molar-refractivity contribution is -0.124. The van der Waals surface area contributed by atoms with Gasteiger partial charge in [-0.25, -0.2) is 0 Å². The van der Waals surface area contributed by atoms with E-state index in [-0.39, 0.29) is 31.5 Å². The van der Waals surface area contributed by atoms with Crippen molar-refractivity contribution in [1.82, 2.24) is 0 Å². The molecule has 9 rings (SSSR count). The second-order valence-corrected chi connectivity index (χ2v) is 30.3. The fraction of sp³-hybridized carbons (Fsp3) is 0.645. The average molecular weight is 1490 g/mol. The average Bonchev–Trinajstić information content (AvgIpc) is 0.836. The monoisotopic (exact) mass is 1490 g/mol. The van der Waals surface area contributed by atoms with Crippen LogP contribution in [-0.2, 0) is 24.6 Å². The molecule has 0 aromatic heterocycles. The fourth-order valence-corrected chi connectivity index (χ4v) is 14.4. The largest absolute Gasteiger partial charge is 0.493 e. The second kappa shape index (κ2) is 57.1. The highest BCUT2D eigenvalue weighted by Gasteiger charge is 2.28. The molecule has 4 aliphatic carbocycles. The van der Waals surface area contributed by atoms with Crippen LogP contribution in [-0.4, -0.2) is 119 Å². The van der Waals surface area contributed by atoms with E-state index in [0.717, 1.165) is 136 Å². The molecule has 0 radical (unpaired) electrons. The number of allylic oxidation sites excluding steroid dienone is 1. The Kier molecular flexibility index (Phi) is 48.9. The Balaban J connectivity index is 0.000000243. The maximum Gasteiger partial charge on any atom is 0.158 e. The van der Waals surface area contributed by atoms with Gasteiger partial charge < -0.3 is 63.1 Å². The number of ether oxygens (including phenoxy) is 9. The summed E-state index contributed by atoms with van der Waals surface area (Å²) in [5.41, 5.74) is 4.07. The molecule has 3 atom stereocenters. The van der Waals surface area contributed by atoms with Gasteiger partial charge >= 0.3 is 0 Å². The van der Waals surface area contributed by atoms with Crippen molar-refractivity contribution in [1.29, 1.82) is 0 Å². The first-order valence-electron chi connectivity index (χ1n) is 42.0. The number of hydrogen-bond acceptors (Lipinski definition) is 14. The number of benzene rings is 5. The molecule has 4 saturated carbocycles. The number of hydrogen-bond donors (Lipinski definition) is 4. The first kappa shape index (κ1) is 91.6. The zero-order valence-electron chi connectivity index (χ0n) is 67.5. The van der Waals surface area contributed by atoms with E-state index in [1.54, 1.807) is 7.11 Å². The third kappa shape index (κ3) is 39.0. The van der Waals surface area contributed by atoms with Crippen LogP contribution in [0.15, 0.2) is 128 Å². The summed E-state index contributed by atoms with van der Waals surface area (Å²) >= 11 is 0. The fourth-order valence-electron chi connectivity index (χ4n) is 14.4. The summed E-state index contributed by atoms with van der Waals surface area (Å²) in [5, 5.41) is 40.0. The Morgan fingerprint density at radius 2 is 0.935 bits per heavy atom. The number of carbonyl (C=O) groups is 1. The number of aliphatic hydroxyl groups is 4. The number of methoxy groups -OCH3 is 1. The number of rotatable bonds is 44. The van der Waals surface area contributed by atoms with E-state index >= 15 is 0 Å². The predicted molar refractivity (Wildman–Crippen MR) is 438 cm³/mol. The van der Waals surface area contributed by atoms with Gasteiger partial charge in [-0.05, 0) is 208 Å². The summed E-state index contributed by atoms with van der Waals surface area (Å²) in [7, 11) is 1.62. The molecule has 0 amide bonds. The predicted octanol–water partition coefficient (Wildman–Crippen LogP) is 22.0. The number of Topliss-reactive ketones (excluding diaryl/α,β-unsaturated/α-hetero) is 1. The van der Waals surface area contributed by atoms with Gasteiger partial charge in [-0.3, -0.25) is 4.79 Å². The van der Waals surface area contributed by atoms with Crippen molar-refractivity contribution in [3.05, 3.63) is 150 Å². The van der Waals surface area contributed by atoms with Crippen molar-refractivity contribution in [2.45, 2.75) is 265 Å². The highest BCUT2D eigenvalue weighted by molar-refractivity contribution is 5.79. The SMILES string of the molecule is C=C(CCC)c1cccc(OCC2CCCCC2)c1.CCCC(CO)c1cccc(OCC2CCCCC2)c1.CCCC(O)(CO)c1cccc(OCC2CCCCC2)c1.CCCOc1cccc(OCC(CC)CC)c1.COCCOCCOCC(=O)CCCC(O)c1cccc(OCC2CCCCC2)c1. The molecule has 107 heavy (non-hydrogen) atoms. The Hall–Kier alpha value is -5.97.